The van der Waals surface area contributed by atoms with Crippen LogP contribution < -0.4 is 17.1 Å². The first-order valence-corrected chi connectivity index (χ1v) is 20.2. The van der Waals surface area contributed by atoms with Crippen LogP contribution in [0, 0.1) is 5.41 Å². The Morgan fingerprint density at radius 1 is 0.725 bits per heavy atom. The highest BCUT2D eigenvalue weighted by molar-refractivity contribution is 7.89. The van der Waals surface area contributed by atoms with Crippen LogP contribution in [0.25, 0.3) is 21.5 Å². The third-order valence-electron chi connectivity index (χ3n) is 8.52. The number of hydrogen-bond acceptors (Lipinski definition) is 9. The standard InChI is InChI=1S/C36H49N7O6S2/c1-3-5-11-26-42(50(45,46)33-23-13-18-28-16-7-9-20-30(28)33)40-49-35(44)32(37)22-15-25-41(36(38)39)43(27-12-6-4-2)51(47,48)34-24-14-19-29-17-8-10-21-31(29)34/h7-10,13-14,16-21,23-24,32,40H,3-6,11-12,15,22,25-27,37H2,1-2H3,(H3,38,39)/t32-/m0/s1. The lowest BCUT2D eigenvalue weighted by atomic mass is 10.1. The zero-order valence-electron chi connectivity index (χ0n) is 29.2. The molecule has 0 saturated carbocycles. The summed E-state index contributed by atoms with van der Waals surface area (Å²) < 4.78 is 58.0. The van der Waals surface area contributed by atoms with E-state index in [-0.39, 0.29) is 42.3 Å². The van der Waals surface area contributed by atoms with Crippen molar-refractivity contribution in [3.63, 3.8) is 0 Å². The van der Waals surface area contributed by atoms with Crippen LogP contribution in [0.1, 0.15) is 65.2 Å². The van der Waals surface area contributed by atoms with Crippen LogP contribution in [-0.2, 0) is 29.7 Å². The third kappa shape index (κ3) is 9.81. The fourth-order valence-electron chi connectivity index (χ4n) is 5.76. The Morgan fingerprint density at radius 3 is 1.78 bits per heavy atom. The summed E-state index contributed by atoms with van der Waals surface area (Å²) in [5, 5.41) is 12.1. The third-order valence-corrected chi connectivity index (χ3v) is 12.1. The first kappa shape index (κ1) is 39.7. The van der Waals surface area contributed by atoms with Crippen molar-refractivity contribution in [2.45, 2.75) is 81.0 Å². The number of carbonyl (C=O) groups is 1. The topological polar surface area (TPSA) is 192 Å². The summed E-state index contributed by atoms with van der Waals surface area (Å²) in [5.41, 5.74) is 14.5. The molecule has 1 atom stereocenters. The predicted octanol–water partition coefficient (Wildman–Crippen LogP) is 5.24. The number of hydrazine groups is 2. The van der Waals surface area contributed by atoms with Crippen LogP contribution in [0.15, 0.2) is 94.7 Å². The molecule has 4 aromatic carbocycles. The normalized spacial score (nSPS) is 12.8. The second kappa shape index (κ2) is 18.4. The highest BCUT2D eigenvalue weighted by atomic mass is 32.2. The van der Waals surface area contributed by atoms with Crippen molar-refractivity contribution < 1.29 is 26.5 Å². The van der Waals surface area contributed by atoms with E-state index in [1.165, 1.54) is 17.1 Å². The maximum absolute atomic E-state index is 14.2. The molecule has 15 heteroatoms. The van der Waals surface area contributed by atoms with Crippen molar-refractivity contribution in [2.24, 2.45) is 11.5 Å². The molecule has 4 rings (SSSR count). The molecule has 0 saturated heterocycles. The number of unbranched alkanes of at least 4 members (excludes halogenated alkanes) is 4. The van der Waals surface area contributed by atoms with Crippen molar-refractivity contribution in [1.82, 2.24) is 19.4 Å². The van der Waals surface area contributed by atoms with Gasteiger partial charge < -0.3 is 16.3 Å². The maximum atomic E-state index is 14.2. The molecule has 0 radical (unpaired) electrons. The summed E-state index contributed by atoms with van der Waals surface area (Å²) in [5.74, 6) is -1.38. The highest BCUT2D eigenvalue weighted by Gasteiger charge is 2.33. The molecule has 4 aromatic rings. The molecule has 0 spiro atoms. The lowest BCUT2D eigenvalue weighted by Crippen LogP contribution is -2.53. The number of fused-ring (bicyclic) bond motifs is 2. The van der Waals surface area contributed by atoms with E-state index >= 15 is 0 Å². The number of carbonyl (C=O) groups excluding carboxylic acids is 1. The molecule has 6 N–H and O–H groups in total. The summed E-state index contributed by atoms with van der Waals surface area (Å²) in [6.45, 7) is 4.11. The van der Waals surface area contributed by atoms with Gasteiger partial charge in [-0.25, -0.2) is 21.6 Å². The molecule has 0 aromatic heterocycles. The Balaban J connectivity index is 1.46. The number of nitrogens with two attached hydrogens (primary N) is 2. The Kier molecular flexibility index (Phi) is 14.3. The van der Waals surface area contributed by atoms with Crippen molar-refractivity contribution in [2.75, 3.05) is 19.6 Å². The fourth-order valence-corrected chi connectivity index (χ4v) is 8.96. The van der Waals surface area contributed by atoms with Crippen LogP contribution in [0.4, 0.5) is 0 Å². The van der Waals surface area contributed by atoms with Crippen molar-refractivity contribution >= 4 is 53.5 Å². The van der Waals surface area contributed by atoms with Gasteiger partial charge in [0, 0.05) is 30.4 Å². The van der Waals surface area contributed by atoms with Gasteiger partial charge in [-0.15, -0.1) is 8.83 Å². The second-order valence-corrected chi connectivity index (χ2v) is 15.9. The molecule has 0 heterocycles. The van der Waals surface area contributed by atoms with Crippen molar-refractivity contribution in [3.8, 4) is 0 Å². The minimum atomic E-state index is -4.15. The van der Waals surface area contributed by atoms with E-state index in [2.05, 4.69) is 5.59 Å². The van der Waals surface area contributed by atoms with Gasteiger partial charge >= 0.3 is 5.97 Å². The number of guanidine groups is 1. The monoisotopic (exact) mass is 739 g/mol. The largest absolute Gasteiger partial charge is 0.369 e. The molecule has 0 aliphatic heterocycles. The summed E-state index contributed by atoms with van der Waals surface area (Å²) in [7, 11) is -8.29. The van der Waals surface area contributed by atoms with E-state index in [0.29, 0.717) is 23.6 Å². The minimum Gasteiger partial charge on any atom is -0.369 e. The number of sulfonamides is 2. The SMILES string of the molecule is CCCCCN(NOC(=O)[C@@H](N)CCCN(C(=N)N)N(CCCCC)S(=O)(=O)c1cccc2ccccc12)S(=O)(=O)c1cccc2ccccc12. The molecule has 51 heavy (non-hydrogen) atoms. The molecular weight excluding hydrogens is 691 g/mol. The van der Waals surface area contributed by atoms with Gasteiger partial charge in [0.05, 0.1) is 9.79 Å². The average molecular weight is 740 g/mol. The van der Waals surface area contributed by atoms with Crippen LogP contribution in [-0.4, -0.2) is 68.3 Å². The fraction of sp³-hybridized carbons (Fsp3) is 0.389. The minimum absolute atomic E-state index is 0.0293. The smallest absolute Gasteiger partial charge is 0.343 e. The van der Waals surface area contributed by atoms with Gasteiger partial charge in [0.15, 0.2) is 0 Å². The number of rotatable bonds is 20. The van der Waals surface area contributed by atoms with Gasteiger partial charge in [0.25, 0.3) is 20.0 Å². The van der Waals surface area contributed by atoms with E-state index in [1.807, 2.05) is 50.2 Å². The second-order valence-electron chi connectivity index (χ2n) is 12.3. The molecule has 0 unspecified atom stereocenters. The van der Waals surface area contributed by atoms with Gasteiger partial charge in [0.1, 0.15) is 6.04 Å². The van der Waals surface area contributed by atoms with E-state index in [9.17, 15) is 21.6 Å². The van der Waals surface area contributed by atoms with Crippen molar-refractivity contribution in [3.05, 3.63) is 84.9 Å². The maximum Gasteiger partial charge on any atom is 0.343 e. The predicted molar refractivity (Wildman–Crippen MR) is 200 cm³/mol. The number of nitrogens with zero attached hydrogens (tertiary/aromatic N) is 3. The average Bonchev–Trinajstić information content (AvgIpc) is 3.12. The van der Waals surface area contributed by atoms with E-state index < -0.39 is 38.0 Å². The molecule has 0 aliphatic rings. The zero-order chi connectivity index (χ0) is 37.0. The van der Waals surface area contributed by atoms with Gasteiger partial charge in [-0.1, -0.05) is 118 Å². The summed E-state index contributed by atoms with van der Waals surface area (Å²) in [6, 6.07) is 23.1. The number of nitrogens with one attached hydrogen (secondary N) is 2. The van der Waals surface area contributed by atoms with E-state index in [4.69, 9.17) is 21.7 Å². The molecule has 0 aliphatic carbocycles. The molecule has 0 amide bonds. The Hall–Kier alpha value is -4.12. The van der Waals surface area contributed by atoms with Crippen LogP contribution in [0.2, 0.25) is 0 Å². The van der Waals surface area contributed by atoms with Gasteiger partial charge in [0.2, 0.25) is 5.96 Å². The summed E-state index contributed by atoms with van der Waals surface area (Å²) in [6.07, 6.45) is 4.49. The van der Waals surface area contributed by atoms with E-state index in [1.54, 1.807) is 36.4 Å². The first-order valence-electron chi connectivity index (χ1n) is 17.3. The van der Waals surface area contributed by atoms with E-state index in [0.717, 1.165) is 45.3 Å². The quantitative estimate of drug-likeness (QED) is 0.0404. The van der Waals surface area contributed by atoms with Gasteiger partial charge in [-0.3, -0.25) is 10.4 Å². The number of benzene rings is 4. The molecule has 13 nitrogen and oxygen atoms in total. The van der Waals surface area contributed by atoms with Gasteiger partial charge in [-0.05, 0) is 48.6 Å². The Bertz CT molecular complexity index is 2000. The lowest BCUT2D eigenvalue weighted by Gasteiger charge is -2.34. The van der Waals surface area contributed by atoms with Crippen LogP contribution >= 0.6 is 0 Å². The summed E-state index contributed by atoms with van der Waals surface area (Å²) >= 11 is 0. The molecular formula is C36H49N7O6S2. The first-order chi connectivity index (χ1) is 24.4. The lowest BCUT2D eigenvalue weighted by molar-refractivity contribution is -0.161. The zero-order valence-corrected chi connectivity index (χ0v) is 30.8. The van der Waals surface area contributed by atoms with Gasteiger partial charge in [-0.2, -0.15) is 0 Å². The van der Waals surface area contributed by atoms with Crippen LogP contribution in [0.5, 0.6) is 0 Å². The Labute approximate surface area is 301 Å². The molecule has 0 bridgehead atoms. The van der Waals surface area contributed by atoms with Crippen molar-refractivity contribution in [1.29, 1.82) is 5.41 Å². The Morgan fingerprint density at radius 2 is 1.24 bits per heavy atom. The number of hydrogen-bond donors (Lipinski definition) is 4. The molecule has 276 valence electrons. The van der Waals surface area contributed by atoms with Crippen LogP contribution in [0.3, 0.4) is 0 Å². The molecule has 0 fully saturated rings. The highest BCUT2D eigenvalue weighted by Crippen LogP contribution is 2.28. The summed E-state index contributed by atoms with van der Waals surface area (Å²) in [4.78, 5) is 18.4.